The molecule has 1 aliphatic rings. The van der Waals surface area contributed by atoms with E-state index < -0.39 is 17.7 Å². The van der Waals surface area contributed by atoms with Crippen LogP contribution in [0, 0.1) is 12.3 Å². The van der Waals surface area contributed by atoms with Crippen LogP contribution in [0.3, 0.4) is 0 Å². The Morgan fingerprint density at radius 1 is 0.524 bits per heavy atom. The molecule has 0 fully saturated rings. The van der Waals surface area contributed by atoms with E-state index in [9.17, 15) is 28.8 Å². The van der Waals surface area contributed by atoms with E-state index in [2.05, 4.69) is 44.2 Å². The van der Waals surface area contributed by atoms with Crippen LogP contribution in [0.15, 0.2) is 175 Å². The van der Waals surface area contributed by atoms with Crippen LogP contribution in [0.4, 0.5) is 22.7 Å². The minimum atomic E-state index is -0.631. The van der Waals surface area contributed by atoms with Crippen LogP contribution in [0.25, 0.3) is 0 Å². The first-order valence-electron chi connectivity index (χ1n) is 19.9. The van der Waals surface area contributed by atoms with E-state index in [1.165, 1.54) is 18.2 Å². The maximum atomic E-state index is 13.8. The van der Waals surface area contributed by atoms with Crippen LogP contribution in [-0.4, -0.2) is 35.4 Å². The molecule has 63 heavy (non-hydrogen) atoms. The van der Waals surface area contributed by atoms with Gasteiger partial charge in [-0.25, -0.2) is 0 Å². The van der Waals surface area contributed by atoms with Crippen molar-refractivity contribution in [3.63, 3.8) is 0 Å². The molecule has 316 valence electrons. The highest BCUT2D eigenvalue weighted by Gasteiger charge is 2.19. The van der Waals surface area contributed by atoms with E-state index in [1.54, 1.807) is 148 Å². The number of amides is 6. The van der Waals surface area contributed by atoms with Crippen molar-refractivity contribution in [1.82, 2.24) is 10.6 Å². The van der Waals surface area contributed by atoms with Crippen LogP contribution in [0.2, 0.25) is 0 Å². The van der Waals surface area contributed by atoms with Gasteiger partial charge in [0.25, 0.3) is 35.4 Å². The average molecular weight is 839 g/mol. The summed E-state index contributed by atoms with van der Waals surface area (Å²) in [7, 11) is 0. The highest BCUT2D eigenvalue weighted by atomic mass is 16.2. The molecular weight excluding hydrogens is 793 g/mol. The van der Waals surface area contributed by atoms with Crippen LogP contribution in [0.1, 0.15) is 85.4 Å². The summed E-state index contributed by atoms with van der Waals surface area (Å²) in [4.78, 5) is 79.7. The molecule has 5 aromatic rings. The minimum Gasteiger partial charge on any atom is -0.326 e. The van der Waals surface area contributed by atoms with Gasteiger partial charge in [0.2, 0.25) is 0 Å². The van der Waals surface area contributed by atoms with Gasteiger partial charge >= 0.3 is 0 Å². The Morgan fingerprint density at radius 2 is 0.937 bits per heavy atom. The third kappa shape index (κ3) is 13.7. The zero-order chi connectivity index (χ0) is 45.1. The molecule has 1 aliphatic carbocycles. The molecule has 6 rings (SSSR count). The van der Waals surface area contributed by atoms with E-state index in [0.717, 1.165) is 12.8 Å². The van der Waals surface area contributed by atoms with Crippen LogP contribution < -0.4 is 31.9 Å². The van der Waals surface area contributed by atoms with Crippen molar-refractivity contribution in [1.29, 1.82) is 0 Å². The summed E-state index contributed by atoms with van der Waals surface area (Å²) in [6.07, 6.45) is 15.1. The Morgan fingerprint density at radius 3 is 1.33 bits per heavy atom. The van der Waals surface area contributed by atoms with Crippen LogP contribution >= 0.6 is 0 Å². The average Bonchev–Trinajstić information content (AvgIpc) is 3.29. The van der Waals surface area contributed by atoms with E-state index in [-0.39, 0.29) is 34.4 Å². The fourth-order valence-electron chi connectivity index (χ4n) is 6.06. The molecule has 12 heteroatoms. The molecular formula is C51H46N6O6. The number of anilines is 4. The Kier molecular flexibility index (Phi) is 16.4. The van der Waals surface area contributed by atoms with Gasteiger partial charge in [-0.3, -0.25) is 28.8 Å². The summed E-state index contributed by atoms with van der Waals surface area (Å²) in [5.41, 5.74) is 3.85. The maximum absolute atomic E-state index is 13.8. The zero-order valence-corrected chi connectivity index (χ0v) is 35.0. The quantitative estimate of drug-likeness (QED) is 0.0509. The first kappa shape index (κ1) is 45.5. The van der Waals surface area contributed by atoms with Gasteiger partial charge in [0, 0.05) is 67.5 Å². The summed E-state index contributed by atoms with van der Waals surface area (Å²) in [5, 5.41) is 16.8. The summed E-state index contributed by atoms with van der Waals surface area (Å²) < 4.78 is 0. The number of carbonyl (C=O) groups excluding carboxylic acids is 6. The Balaban J connectivity index is 0.00000242. The highest BCUT2D eigenvalue weighted by Crippen LogP contribution is 2.21. The normalized spacial score (nSPS) is 11.9. The van der Waals surface area contributed by atoms with Gasteiger partial charge in [0.15, 0.2) is 0 Å². The van der Waals surface area contributed by atoms with Crippen LogP contribution in [0.5, 0.6) is 0 Å². The molecule has 0 saturated heterocycles. The lowest BCUT2D eigenvalue weighted by Crippen LogP contribution is -2.26. The SMILES string of the molecule is C#CC.C/C=C(\C=C(/C)NC(=O)c1cc(C(=O)Nc2cccc(NC(=O)c3ccccc3)c2)cc(C(=O)Nc2cccc(NC(=O)c3ccccc3)c2)c1)NC(=O)C1=CCCC=C1. The standard InChI is InChI=1S/C48H42N6O6.C3H4/c1-3-38(50-43(55)32-15-7-4-8-16-32)25-31(2)49-46(58)35-26-36(47(59)53-41-23-13-21-39(29-41)51-44(56)33-17-9-5-10-18-33)28-37(27-35)48(60)54-42-24-14-22-40(30-42)52-45(57)34-19-11-6-12-20-34;1-3-2/h3,5-7,9-30H,4,8H2,1-2H3,(H,49,58)(H,50,55)(H,51,56)(H,52,57)(H,53,59)(H,54,60);1H,2H3/b31-25+,38-3+;. The third-order valence-corrected chi connectivity index (χ3v) is 9.06. The smallest absolute Gasteiger partial charge is 0.255 e. The largest absolute Gasteiger partial charge is 0.326 e. The fourth-order valence-corrected chi connectivity index (χ4v) is 6.06. The van der Waals surface area contributed by atoms with Crippen LogP contribution in [-0.2, 0) is 4.79 Å². The van der Waals surface area contributed by atoms with E-state index in [0.29, 0.717) is 50.8 Å². The number of terminal acetylenes is 1. The first-order valence-corrected chi connectivity index (χ1v) is 19.9. The van der Waals surface area contributed by atoms with E-state index >= 15 is 0 Å². The number of hydrogen-bond donors (Lipinski definition) is 6. The number of benzene rings is 5. The Bertz CT molecular complexity index is 2550. The van der Waals surface area contributed by atoms with Gasteiger partial charge in [-0.1, -0.05) is 72.8 Å². The lowest BCUT2D eigenvalue weighted by molar-refractivity contribution is -0.116. The van der Waals surface area contributed by atoms with Crippen molar-refractivity contribution in [2.45, 2.75) is 33.6 Å². The van der Waals surface area contributed by atoms with Gasteiger partial charge < -0.3 is 31.9 Å². The van der Waals surface area contributed by atoms with E-state index in [1.807, 2.05) is 12.2 Å². The van der Waals surface area contributed by atoms with Crippen molar-refractivity contribution < 1.29 is 28.8 Å². The van der Waals surface area contributed by atoms with Crippen molar-refractivity contribution >= 4 is 58.2 Å². The summed E-state index contributed by atoms with van der Waals surface area (Å²) in [5.74, 6) is -0.573. The minimum absolute atomic E-state index is 0.00291. The molecule has 0 radical (unpaired) electrons. The number of allylic oxidation sites excluding steroid dienone is 5. The summed E-state index contributed by atoms with van der Waals surface area (Å²) in [6.45, 7) is 5.05. The maximum Gasteiger partial charge on any atom is 0.255 e. The van der Waals surface area contributed by atoms with Crippen molar-refractivity contribution in [3.8, 4) is 12.3 Å². The number of rotatable bonds is 13. The molecule has 6 N–H and O–H groups in total. The Hall–Kier alpha value is -8.56. The molecule has 5 aromatic carbocycles. The molecule has 0 spiro atoms. The van der Waals surface area contributed by atoms with E-state index in [4.69, 9.17) is 0 Å². The molecule has 0 aliphatic heterocycles. The second kappa shape index (κ2) is 22.7. The van der Waals surface area contributed by atoms with Crippen molar-refractivity contribution in [2.24, 2.45) is 0 Å². The molecule has 12 nitrogen and oxygen atoms in total. The second-order valence-corrected chi connectivity index (χ2v) is 13.9. The molecule has 0 unspecified atom stereocenters. The van der Waals surface area contributed by atoms with Gasteiger partial charge in [0.1, 0.15) is 0 Å². The first-order chi connectivity index (χ1) is 30.5. The highest BCUT2D eigenvalue weighted by molar-refractivity contribution is 6.12. The predicted octanol–water partition coefficient (Wildman–Crippen LogP) is 9.27. The summed E-state index contributed by atoms with van der Waals surface area (Å²) in [6, 6.07) is 34.5. The monoisotopic (exact) mass is 838 g/mol. The number of nitrogens with one attached hydrogen (secondary N) is 6. The van der Waals surface area contributed by atoms with Crippen molar-refractivity contribution in [2.75, 3.05) is 21.3 Å². The zero-order valence-electron chi connectivity index (χ0n) is 35.0. The van der Waals surface area contributed by atoms with Gasteiger partial charge in [-0.05, 0) is 119 Å². The fraction of sp³-hybridized carbons (Fsp3) is 0.0980. The third-order valence-electron chi connectivity index (χ3n) is 9.06. The lowest BCUT2D eigenvalue weighted by Gasteiger charge is -2.13. The molecule has 0 aromatic heterocycles. The second-order valence-electron chi connectivity index (χ2n) is 13.9. The molecule has 0 atom stereocenters. The molecule has 0 heterocycles. The topological polar surface area (TPSA) is 175 Å². The molecule has 6 amide bonds. The van der Waals surface area contributed by atoms with Gasteiger partial charge in [-0.15, -0.1) is 12.3 Å². The predicted molar refractivity (Wildman–Crippen MR) is 248 cm³/mol. The summed E-state index contributed by atoms with van der Waals surface area (Å²) >= 11 is 0. The number of carbonyl (C=O) groups is 6. The molecule has 0 saturated carbocycles. The van der Waals surface area contributed by atoms with Gasteiger partial charge in [0.05, 0.1) is 0 Å². The molecule has 0 bridgehead atoms. The number of hydrogen-bond acceptors (Lipinski definition) is 6. The Labute approximate surface area is 366 Å². The lowest BCUT2D eigenvalue weighted by atomic mass is 10.0. The van der Waals surface area contributed by atoms with Gasteiger partial charge in [-0.2, -0.15) is 0 Å². The van der Waals surface area contributed by atoms with Crippen molar-refractivity contribution in [3.05, 3.63) is 203 Å².